The van der Waals surface area contributed by atoms with Gasteiger partial charge in [-0.05, 0) is 49.4 Å². The molecule has 2 atom stereocenters. The van der Waals surface area contributed by atoms with Crippen molar-refractivity contribution in [1.82, 2.24) is 5.32 Å². The second kappa shape index (κ2) is 4.19. The summed E-state index contributed by atoms with van der Waals surface area (Å²) in [6.45, 7) is 4.22. The zero-order chi connectivity index (χ0) is 11.0. The highest BCUT2D eigenvalue weighted by molar-refractivity contribution is 5.38. The molecular formula is C14H19NO. The quantitative estimate of drug-likeness (QED) is 0.779. The third-order valence-corrected chi connectivity index (χ3v) is 3.83. The van der Waals surface area contributed by atoms with Crippen molar-refractivity contribution in [2.24, 2.45) is 0 Å². The number of benzene rings is 1. The molecule has 0 saturated carbocycles. The van der Waals surface area contributed by atoms with Gasteiger partial charge in [-0.1, -0.05) is 18.2 Å². The van der Waals surface area contributed by atoms with E-state index in [1.807, 2.05) is 0 Å². The molecule has 3 rings (SSSR count). The number of hydrogen-bond acceptors (Lipinski definition) is 2. The van der Waals surface area contributed by atoms with Crippen molar-refractivity contribution in [1.29, 1.82) is 0 Å². The minimum Gasteiger partial charge on any atom is -0.372 e. The van der Waals surface area contributed by atoms with E-state index >= 15 is 0 Å². The molecule has 2 heteroatoms. The van der Waals surface area contributed by atoms with Crippen molar-refractivity contribution in [2.45, 2.75) is 38.3 Å². The highest BCUT2D eigenvalue weighted by atomic mass is 16.5. The molecule has 2 heterocycles. The number of aryl methyl sites for hydroxylation is 1. The van der Waals surface area contributed by atoms with Crippen molar-refractivity contribution in [3.8, 4) is 0 Å². The van der Waals surface area contributed by atoms with E-state index in [1.54, 1.807) is 0 Å². The summed E-state index contributed by atoms with van der Waals surface area (Å²) in [7, 11) is 0. The van der Waals surface area contributed by atoms with E-state index in [4.69, 9.17) is 4.74 Å². The van der Waals surface area contributed by atoms with E-state index in [9.17, 15) is 0 Å². The molecule has 0 amide bonds. The lowest BCUT2D eigenvalue weighted by molar-refractivity contribution is 0.0195. The van der Waals surface area contributed by atoms with E-state index in [1.165, 1.54) is 29.5 Å². The highest BCUT2D eigenvalue weighted by Crippen LogP contribution is 2.34. The van der Waals surface area contributed by atoms with Crippen LogP contribution in [0.3, 0.4) is 0 Å². The van der Waals surface area contributed by atoms with Crippen molar-refractivity contribution in [3.05, 3.63) is 34.9 Å². The molecule has 0 aromatic heterocycles. The van der Waals surface area contributed by atoms with Crippen LogP contribution in [0.2, 0.25) is 0 Å². The molecule has 0 aliphatic carbocycles. The monoisotopic (exact) mass is 217 g/mol. The van der Waals surface area contributed by atoms with Gasteiger partial charge in [0.2, 0.25) is 0 Å². The molecule has 2 nitrogen and oxygen atoms in total. The van der Waals surface area contributed by atoms with Gasteiger partial charge in [0.05, 0.1) is 12.7 Å². The minimum atomic E-state index is 0.285. The lowest BCUT2D eigenvalue weighted by atomic mass is 9.89. The Morgan fingerprint density at radius 2 is 2.31 bits per heavy atom. The van der Waals surface area contributed by atoms with Crippen LogP contribution in [0.15, 0.2) is 18.2 Å². The van der Waals surface area contributed by atoms with E-state index in [0.717, 1.165) is 19.6 Å². The van der Waals surface area contributed by atoms with Crippen LogP contribution in [0.1, 0.15) is 35.6 Å². The number of nitrogens with one attached hydrogen (secondary N) is 1. The van der Waals surface area contributed by atoms with Gasteiger partial charge in [0.25, 0.3) is 0 Å². The molecule has 1 aromatic carbocycles. The third kappa shape index (κ3) is 1.66. The Morgan fingerprint density at radius 3 is 3.12 bits per heavy atom. The summed E-state index contributed by atoms with van der Waals surface area (Å²) in [5.74, 6) is 0. The van der Waals surface area contributed by atoms with Crippen LogP contribution in [0.25, 0.3) is 0 Å². The maximum atomic E-state index is 6.01. The summed E-state index contributed by atoms with van der Waals surface area (Å²) < 4.78 is 6.01. The lowest BCUT2D eigenvalue weighted by Crippen LogP contribution is -2.34. The van der Waals surface area contributed by atoms with Crippen LogP contribution in [0.4, 0.5) is 0 Å². The molecule has 0 spiro atoms. The van der Waals surface area contributed by atoms with E-state index in [2.05, 4.69) is 30.4 Å². The van der Waals surface area contributed by atoms with Crippen molar-refractivity contribution in [2.75, 3.05) is 13.2 Å². The van der Waals surface area contributed by atoms with Crippen LogP contribution in [0.5, 0.6) is 0 Å². The summed E-state index contributed by atoms with van der Waals surface area (Å²) in [6, 6.07) is 7.15. The molecule has 0 bridgehead atoms. The average Bonchev–Trinajstić information content (AvgIpc) is 2.82. The van der Waals surface area contributed by atoms with Gasteiger partial charge in [0.1, 0.15) is 0 Å². The average molecular weight is 217 g/mol. The second-order valence-corrected chi connectivity index (χ2v) is 4.89. The van der Waals surface area contributed by atoms with Gasteiger partial charge in [0.15, 0.2) is 0 Å². The molecule has 1 unspecified atom stereocenters. The topological polar surface area (TPSA) is 21.3 Å². The number of fused-ring (bicyclic) bond motifs is 1. The second-order valence-electron chi connectivity index (χ2n) is 4.89. The Kier molecular flexibility index (Phi) is 2.70. The minimum absolute atomic E-state index is 0.285. The van der Waals surface area contributed by atoms with Gasteiger partial charge in [-0.3, -0.25) is 0 Å². The fourth-order valence-corrected chi connectivity index (χ4v) is 3.03. The van der Waals surface area contributed by atoms with Crippen LogP contribution >= 0.6 is 0 Å². The maximum Gasteiger partial charge on any atom is 0.0983 e. The standard InChI is InChI=1S/C14H19NO/c1-10-4-2-5-11-7-9-16-14(13(10)11)12-6-3-8-15-12/h2,4-5,12,14-15H,3,6-9H2,1H3/t12?,14-/m1/s1. The van der Waals surface area contributed by atoms with Crippen LogP contribution in [-0.4, -0.2) is 19.2 Å². The van der Waals surface area contributed by atoms with Gasteiger partial charge in [-0.15, -0.1) is 0 Å². The predicted octanol–water partition coefficient (Wildman–Crippen LogP) is 2.36. The molecule has 0 radical (unpaired) electrons. The van der Waals surface area contributed by atoms with E-state index in [0.29, 0.717) is 6.04 Å². The molecule has 2 aliphatic heterocycles. The third-order valence-electron chi connectivity index (χ3n) is 3.83. The highest BCUT2D eigenvalue weighted by Gasteiger charge is 2.31. The van der Waals surface area contributed by atoms with Gasteiger partial charge < -0.3 is 10.1 Å². The molecule has 1 fully saturated rings. The first kappa shape index (κ1) is 10.3. The smallest absolute Gasteiger partial charge is 0.0983 e. The largest absolute Gasteiger partial charge is 0.372 e. The number of hydrogen-bond donors (Lipinski definition) is 1. The van der Waals surface area contributed by atoms with Crippen LogP contribution in [-0.2, 0) is 11.2 Å². The van der Waals surface area contributed by atoms with Gasteiger partial charge in [0, 0.05) is 6.04 Å². The Balaban J connectivity index is 1.98. The molecular weight excluding hydrogens is 198 g/mol. The van der Waals surface area contributed by atoms with E-state index < -0.39 is 0 Å². The molecule has 1 N–H and O–H groups in total. The van der Waals surface area contributed by atoms with Crippen molar-refractivity contribution < 1.29 is 4.74 Å². The summed E-state index contributed by atoms with van der Waals surface area (Å²) in [6.07, 6.45) is 3.89. The first-order valence-electron chi connectivity index (χ1n) is 6.29. The summed E-state index contributed by atoms with van der Waals surface area (Å²) in [5, 5.41) is 3.57. The van der Waals surface area contributed by atoms with Gasteiger partial charge in [-0.25, -0.2) is 0 Å². The van der Waals surface area contributed by atoms with Crippen molar-refractivity contribution in [3.63, 3.8) is 0 Å². The van der Waals surface area contributed by atoms with Gasteiger partial charge >= 0.3 is 0 Å². The SMILES string of the molecule is Cc1cccc2c1[C@@H](C1CCCN1)OCC2. The summed E-state index contributed by atoms with van der Waals surface area (Å²) in [5.41, 5.74) is 4.33. The Hall–Kier alpha value is -0.860. The predicted molar refractivity (Wildman–Crippen MR) is 64.6 cm³/mol. The first-order chi connectivity index (χ1) is 7.86. The Bertz CT molecular complexity index is 382. The fraction of sp³-hybridized carbons (Fsp3) is 0.571. The van der Waals surface area contributed by atoms with Crippen LogP contribution in [0, 0.1) is 6.92 Å². The van der Waals surface area contributed by atoms with Gasteiger partial charge in [-0.2, -0.15) is 0 Å². The van der Waals surface area contributed by atoms with Crippen molar-refractivity contribution >= 4 is 0 Å². The molecule has 2 aliphatic rings. The van der Waals surface area contributed by atoms with E-state index in [-0.39, 0.29) is 6.10 Å². The summed E-state index contributed by atoms with van der Waals surface area (Å²) >= 11 is 0. The maximum absolute atomic E-state index is 6.01. The lowest BCUT2D eigenvalue weighted by Gasteiger charge is -2.32. The normalized spacial score (nSPS) is 29.1. The number of rotatable bonds is 1. The molecule has 86 valence electrons. The Morgan fingerprint density at radius 1 is 1.38 bits per heavy atom. The zero-order valence-electron chi connectivity index (χ0n) is 9.83. The summed E-state index contributed by atoms with van der Waals surface area (Å²) in [4.78, 5) is 0. The fourth-order valence-electron chi connectivity index (χ4n) is 3.03. The zero-order valence-corrected chi connectivity index (χ0v) is 9.83. The first-order valence-corrected chi connectivity index (χ1v) is 6.29. The number of ether oxygens (including phenoxy) is 1. The molecule has 1 aromatic rings. The molecule has 1 saturated heterocycles. The van der Waals surface area contributed by atoms with Crippen LogP contribution < -0.4 is 5.32 Å². The Labute approximate surface area is 97.0 Å². The molecule has 16 heavy (non-hydrogen) atoms.